The van der Waals surface area contributed by atoms with Gasteiger partial charge in [-0.1, -0.05) is 19.6 Å². The average Bonchev–Trinajstić information content (AvgIpc) is 2.29. The minimum Gasteiger partial charge on any atom is -0.302 e. The van der Waals surface area contributed by atoms with Crippen molar-refractivity contribution in [1.82, 2.24) is 0 Å². The Bertz CT molecular complexity index is 242. The van der Waals surface area contributed by atoms with Crippen molar-refractivity contribution < 1.29 is 9.59 Å². The molecule has 2 atom stereocenters. The van der Waals surface area contributed by atoms with Gasteiger partial charge >= 0.3 is 0 Å². The first-order chi connectivity index (χ1) is 5.81. The molecule has 0 spiro atoms. The summed E-state index contributed by atoms with van der Waals surface area (Å²) in [4.78, 5) is 22.7. The molecular weight excluding hydrogens is 180 g/mol. The normalized spacial score (nSPS) is 35.1. The molecule has 0 bridgehead atoms. The van der Waals surface area contributed by atoms with Crippen LogP contribution in [0.5, 0.6) is 0 Å². The maximum atomic E-state index is 11.9. The summed E-state index contributed by atoms with van der Waals surface area (Å²) < 4.78 is 0. The van der Waals surface area contributed by atoms with Gasteiger partial charge < -0.3 is 4.79 Å². The highest BCUT2D eigenvalue weighted by atomic mass is 28.3. The summed E-state index contributed by atoms with van der Waals surface area (Å²) in [7, 11) is -1.40. The molecule has 0 aromatic carbocycles. The van der Waals surface area contributed by atoms with Crippen LogP contribution in [0.15, 0.2) is 0 Å². The van der Waals surface area contributed by atoms with Crippen LogP contribution in [0.3, 0.4) is 0 Å². The number of Topliss-reactive ketones (excluding diaryl/α,β-unsaturated/α-hetero) is 1. The van der Waals surface area contributed by atoms with E-state index in [-0.39, 0.29) is 11.3 Å². The van der Waals surface area contributed by atoms with Crippen molar-refractivity contribution in [3.05, 3.63) is 0 Å². The molecule has 2 nitrogen and oxygen atoms in total. The maximum Gasteiger partial charge on any atom is 0.146 e. The second-order valence-corrected chi connectivity index (χ2v) is 10.8. The molecule has 1 aliphatic rings. The van der Waals surface area contributed by atoms with Gasteiger partial charge in [-0.3, -0.25) is 4.79 Å². The number of carbonyl (C=O) groups excluding carboxylic acids is 2. The lowest BCUT2D eigenvalue weighted by Crippen LogP contribution is -2.35. The Hall–Kier alpha value is -0.443. The van der Waals surface area contributed by atoms with Crippen LogP contribution in [0.25, 0.3) is 0 Å². The first kappa shape index (κ1) is 10.6. The van der Waals surface area contributed by atoms with E-state index in [2.05, 4.69) is 19.6 Å². The Kier molecular flexibility index (Phi) is 2.49. The summed E-state index contributed by atoms with van der Waals surface area (Å²) in [6.45, 7) is 8.38. The van der Waals surface area contributed by atoms with Crippen molar-refractivity contribution in [3.63, 3.8) is 0 Å². The minimum absolute atomic E-state index is 0.196. The molecule has 0 heterocycles. The Morgan fingerprint density at radius 1 is 1.46 bits per heavy atom. The SMILES string of the molecule is C[C@@]1(C=O)CC[C@H]([Si](C)(C)C)C1=O. The first-order valence-electron chi connectivity index (χ1n) is 4.82. The minimum atomic E-state index is -1.40. The fourth-order valence-electron chi connectivity index (χ4n) is 2.04. The van der Waals surface area contributed by atoms with E-state index in [0.717, 1.165) is 19.1 Å². The number of aldehydes is 1. The molecule has 1 fully saturated rings. The summed E-state index contributed by atoms with van der Waals surface area (Å²) >= 11 is 0. The van der Waals surface area contributed by atoms with Gasteiger partial charge in [-0.25, -0.2) is 0 Å². The van der Waals surface area contributed by atoms with Gasteiger partial charge in [-0.15, -0.1) is 0 Å². The van der Waals surface area contributed by atoms with Gasteiger partial charge in [0.05, 0.1) is 13.5 Å². The molecule has 0 aromatic rings. The fraction of sp³-hybridized carbons (Fsp3) is 0.800. The summed E-state index contributed by atoms with van der Waals surface area (Å²) in [5.74, 6) is 0.196. The van der Waals surface area contributed by atoms with Gasteiger partial charge in [-0.2, -0.15) is 0 Å². The van der Waals surface area contributed by atoms with E-state index in [1.807, 2.05) is 0 Å². The van der Waals surface area contributed by atoms with E-state index < -0.39 is 13.5 Å². The number of hydrogen-bond donors (Lipinski definition) is 0. The Balaban J connectivity index is 2.89. The fourth-order valence-corrected chi connectivity index (χ4v) is 4.17. The van der Waals surface area contributed by atoms with Gasteiger partial charge in [0.1, 0.15) is 12.1 Å². The highest BCUT2D eigenvalue weighted by Crippen LogP contribution is 2.44. The molecule has 0 saturated heterocycles. The summed E-state index contributed by atoms with van der Waals surface area (Å²) in [6, 6.07) is 0. The third-order valence-electron chi connectivity index (χ3n) is 3.14. The number of ketones is 1. The molecule has 0 N–H and O–H groups in total. The second kappa shape index (κ2) is 3.05. The zero-order chi connectivity index (χ0) is 10.3. The molecule has 1 rings (SSSR count). The molecule has 0 amide bonds. The maximum absolute atomic E-state index is 11.9. The van der Waals surface area contributed by atoms with Crippen molar-refractivity contribution in [1.29, 1.82) is 0 Å². The largest absolute Gasteiger partial charge is 0.302 e. The lowest BCUT2D eigenvalue weighted by atomic mass is 9.90. The van der Waals surface area contributed by atoms with Crippen LogP contribution in [0, 0.1) is 5.41 Å². The van der Waals surface area contributed by atoms with Crippen LogP contribution in [0.1, 0.15) is 19.8 Å². The van der Waals surface area contributed by atoms with E-state index in [9.17, 15) is 9.59 Å². The Morgan fingerprint density at radius 3 is 2.23 bits per heavy atom. The number of rotatable bonds is 2. The monoisotopic (exact) mass is 198 g/mol. The topological polar surface area (TPSA) is 34.1 Å². The van der Waals surface area contributed by atoms with Crippen LogP contribution in [-0.4, -0.2) is 20.1 Å². The highest BCUT2D eigenvalue weighted by molar-refractivity contribution is 6.81. The molecule has 74 valence electrons. The molecular formula is C10H18O2Si. The second-order valence-electron chi connectivity index (χ2n) is 5.36. The average molecular weight is 198 g/mol. The van der Waals surface area contributed by atoms with Crippen LogP contribution in [0.2, 0.25) is 25.2 Å². The molecule has 0 aliphatic heterocycles. The zero-order valence-corrected chi connectivity index (χ0v) is 9.89. The first-order valence-corrected chi connectivity index (χ1v) is 8.40. The lowest BCUT2D eigenvalue weighted by molar-refractivity contribution is -0.130. The van der Waals surface area contributed by atoms with Crippen molar-refractivity contribution in [2.75, 3.05) is 0 Å². The molecule has 0 aromatic heterocycles. The van der Waals surface area contributed by atoms with E-state index >= 15 is 0 Å². The van der Waals surface area contributed by atoms with Crippen LogP contribution >= 0.6 is 0 Å². The molecule has 1 saturated carbocycles. The molecule has 3 heteroatoms. The van der Waals surface area contributed by atoms with Crippen LogP contribution < -0.4 is 0 Å². The van der Waals surface area contributed by atoms with E-state index in [0.29, 0.717) is 0 Å². The smallest absolute Gasteiger partial charge is 0.146 e. The van der Waals surface area contributed by atoms with E-state index in [1.54, 1.807) is 6.92 Å². The van der Waals surface area contributed by atoms with Crippen LogP contribution in [-0.2, 0) is 9.59 Å². The predicted octanol–water partition coefficient (Wildman–Crippen LogP) is 2.26. The van der Waals surface area contributed by atoms with Gasteiger partial charge in [0, 0.05) is 5.54 Å². The van der Waals surface area contributed by atoms with Crippen LogP contribution in [0.4, 0.5) is 0 Å². The van der Waals surface area contributed by atoms with Crippen molar-refractivity contribution in [3.8, 4) is 0 Å². The van der Waals surface area contributed by atoms with Crippen molar-refractivity contribution in [2.24, 2.45) is 5.41 Å². The van der Waals surface area contributed by atoms with E-state index in [1.165, 1.54) is 0 Å². The standard InChI is InChI=1S/C10H18O2Si/c1-10(7-11)6-5-8(9(10)12)13(2,3)4/h7-8H,5-6H2,1-4H3/t8-,10-/m0/s1. The highest BCUT2D eigenvalue weighted by Gasteiger charge is 2.48. The van der Waals surface area contributed by atoms with Crippen molar-refractivity contribution in [2.45, 2.75) is 44.9 Å². The number of carbonyl (C=O) groups is 2. The van der Waals surface area contributed by atoms with Crippen molar-refractivity contribution >= 4 is 20.1 Å². The molecule has 0 radical (unpaired) electrons. The van der Waals surface area contributed by atoms with E-state index in [4.69, 9.17) is 0 Å². The molecule has 0 unspecified atom stereocenters. The Labute approximate surface area is 80.7 Å². The zero-order valence-electron chi connectivity index (χ0n) is 8.89. The van der Waals surface area contributed by atoms with Gasteiger partial charge in [0.2, 0.25) is 0 Å². The van der Waals surface area contributed by atoms with Gasteiger partial charge in [0.25, 0.3) is 0 Å². The summed E-state index contributed by atoms with van der Waals surface area (Å²) in [5.41, 5.74) is -0.465. The lowest BCUT2D eigenvalue weighted by Gasteiger charge is -2.24. The quantitative estimate of drug-likeness (QED) is 0.387. The third-order valence-corrected chi connectivity index (χ3v) is 5.78. The third kappa shape index (κ3) is 1.75. The summed E-state index contributed by atoms with van der Waals surface area (Å²) in [5, 5.41) is 0. The summed E-state index contributed by atoms with van der Waals surface area (Å²) in [6.07, 6.45) is 2.52. The molecule has 1 aliphatic carbocycles. The predicted molar refractivity (Wildman–Crippen MR) is 55.5 cm³/mol. The Morgan fingerprint density at radius 2 is 2.00 bits per heavy atom. The molecule has 13 heavy (non-hydrogen) atoms. The van der Waals surface area contributed by atoms with Gasteiger partial charge in [-0.05, 0) is 19.8 Å². The number of hydrogen-bond acceptors (Lipinski definition) is 2. The van der Waals surface area contributed by atoms with Gasteiger partial charge in [0.15, 0.2) is 0 Å².